The summed E-state index contributed by atoms with van der Waals surface area (Å²) in [5.74, 6) is 0.293. The Labute approximate surface area is 104 Å². The lowest BCUT2D eigenvalue weighted by Gasteiger charge is -2.04. The van der Waals surface area contributed by atoms with Crippen molar-refractivity contribution in [3.8, 4) is 16.3 Å². The molecule has 0 bridgehead atoms. The van der Waals surface area contributed by atoms with Gasteiger partial charge in [0.05, 0.1) is 6.04 Å². The second kappa shape index (κ2) is 4.81. The first-order valence-electron chi connectivity index (χ1n) is 5.43. The molecule has 0 saturated heterocycles. The van der Waals surface area contributed by atoms with Gasteiger partial charge in [0, 0.05) is 11.1 Å². The fourth-order valence-electron chi connectivity index (χ4n) is 1.50. The van der Waals surface area contributed by atoms with E-state index in [1.165, 1.54) is 0 Å². The van der Waals surface area contributed by atoms with Crippen molar-refractivity contribution in [2.45, 2.75) is 19.9 Å². The maximum atomic E-state index is 9.67. The van der Waals surface area contributed by atoms with Crippen molar-refractivity contribution in [1.82, 2.24) is 15.5 Å². The molecule has 5 heteroatoms. The summed E-state index contributed by atoms with van der Waals surface area (Å²) in [6.45, 7) is 3.92. The van der Waals surface area contributed by atoms with E-state index in [1.54, 1.807) is 17.4 Å². The summed E-state index contributed by atoms with van der Waals surface area (Å²) in [6, 6.07) is 5.64. The third kappa shape index (κ3) is 2.30. The quantitative estimate of drug-likeness (QED) is 0.877. The Morgan fingerprint density at radius 3 is 2.82 bits per heavy atom. The fraction of sp³-hybridized carbons (Fsp3) is 0.333. The van der Waals surface area contributed by atoms with Crippen LogP contribution in [0.5, 0.6) is 5.75 Å². The number of phenols is 1. The maximum absolute atomic E-state index is 9.67. The van der Waals surface area contributed by atoms with E-state index in [-0.39, 0.29) is 6.04 Å². The second-order valence-corrected chi connectivity index (χ2v) is 4.91. The van der Waals surface area contributed by atoms with Gasteiger partial charge in [0.2, 0.25) is 0 Å². The molecule has 2 aromatic rings. The zero-order valence-corrected chi connectivity index (χ0v) is 10.9. The standard InChI is InChI=1S/C12H15N3OS/c1-7-9(5-4-6-10(7)16)12-15-14-11(17-12)8(2)13-3/h4-6,8,13,16H,1-3H3. The number of benzene rings is 1. The van der Waals surface area contributed by atoms with Gasteiger partial charge in [-0.1, -0.05) is 23.5 Å². The van der Waals surface area contributed by atoms with Gasteiger partial charge in [-0.15, -0.1) is 10.2 Å². The molecular weight excluding hydrogens is 234 g/mol. The highest BCUT2D eigenvalue weighted by Crippen LogP contribution is 2.32. The number of nitrogens with one attached hydrogen (secondary N) is 1. The fourth-order valence-corrected chi connectivity index (χ4v) is 2.48. The van der Waals surface area contributed by atoms with Gasteiger partial charge in [-0.2, -0.15) is 0 Å². The van der Waals surface area contributed by atoms with Crippen LogP contribution in [0.25, 0.3) is 10.6 Å². The summed E-state index contributed by atoms with van der Waals surface area (Å²) in [5.41, 5.74) is 1.78. The van der Waals surface area contributed by atoms with Crippen molar-refractivity contribution in [3.63, 3.8) is 0 Å². The Balaban J connectivity index is 2.40. The van der Waals surface area contributed by atoms with Crippen LogP contribution in [-0.4, -0.2) is 22.4 Å². The summed E-state index contributed by atoms with van der Waals surface area (Å²) in [7, 11) is 1.89. The number of phenolic OH excluding ortho intramolecular Hbond substituents is 1. The molecule has 1 aromatic heterocycles. The Hall–Kier alpha value is -1.46. The minimum atomic E-state index is 0.193. The lowest BCUT2D eigenvalue weighted by Crippen LogP contribution is -2.11. The van der Waals surface area contributed by atoms with Gasteiger partial charge in [0.15, 0.2) is 0 Å². The van der Waals surface area contributed by atoms with E-state index < -0.39 is 0 Å². The van der Waals surface area contributed by atoms with Crippen molar-refractivity contribution in [3.05, 3.63) is 28.8 Å². The summed E-state index contributed by atoms with van der Waals surface area (Å²) in [5, 5.41) is 22.9. The van der Waals surface area contributed by atoms with Crippen LogP contribution in [-0.2, 0) is 0 Å². The monoisotopic (exact) mass is 249 g/mol. The average molecular weight is 249 g/mol. The number of aromatic hydroxyl groups is 1. The smallest absolute Gasteiger partial charge is 0.148 e. The van der Waals surface area contributed by atoms with Crippen LogP contribution in [0, 0.1) is 6.92 Å². The van der Waals surface area contributed by atoms with Gasteiger partial charge in [0.1, 0.15) is 15.8 Å². The van der Waals surface area contributed by atoms with Gasteiger partial charge >= 0.3 is 0 Å². The minimum absolute atomic E-state index is 0.193. The molecule has 0 aliphatic carbocycles. The first-order chi connectivity index (χ1) is 8.13. The van der Waals surface area contributed by atoms with Gasteiger partial charge in [0.25, 0.3) is 0 Å². The molecule has 17 heavy (non-hydrogen) atoms. The zero-order chi connectivity index (χ0) is 12.4. The summed E-state index contributed by atoms with van der Waals surface area (Å²) < 4.78 is 0. The van der Waals surface area contributed by atoms with Crippen LogP contribution in [0.2, 0.25) is 0 Å². The van der Waals surface area contributed by atoms with Gasteiger partial charge in [-0.05, 0) is 27.0 Å². The Morgan fingerprint density at radius 1 is 1.35 bits per heavy atom. The Bertz CT molecular complexity index is 524. The third-order valence-corrected chi connectivity index (χ3v) is 3.92. The molecule has 0 amide bonds. The Kier molecular flexibility index (Phi) is 3.40. The predicted octanol–water partition coefficient (Wildman–Crippen LogP) is 2.50. The number of nitrogens with zero attached hydrogens (tertiary/aromatic N) is 2. The van der Waals surface area contributed by atoms with E-state index in [1.807, 2.05) is 33.0 Å². The number of rotatable bonds is 3. The third-order valence-electron chi connectivity index (χ3n) is 2.78. The number of aromatic nitrogens is 2. The predicted molar refractivity (Wildman–Crippen MR) is 69.2 cm³/mol. The lowest BCUT2D eigenvalue weighted by molar-refractivity contribution is 0.471. The van der Waals surface area contributed by atoms with E-state index in [0.717, 1.165) is 21.1 Å². The van der Waals surface area contributed by atoms with Crippen molar-refractivity contribution in [2.75, 3.05) is 7.05 Å². The molecule has 1 atom stereocenters. The van der Waals surface area contributed by atoms with E-state index in [2.05, 4.69) is 15.5 Å². The zero-order valence-electron chi connectivity index (χ0n) is 10.1. The van der Waals surface area contributed by atoms with Crippen LogP contribution in [0.1, 0.15) is 23.5 Å². The van der Waals surface area contributed by atoms with Crippen molar-refractivity contribution >= 4 is 11.3 Å². The average Bonchev–Trinajstić information content (AvgIpc) is 2.81. The minimum Gasteiger partial charge on any atom is -0.508 e. The van der Waals surface area contributed by atoms with Gasteiger partial charge in [-0.3, -0.25) is 0 Å². The van der Waals surface area contributed by atoms with Crippen LogP contribution in [0.4, 0.5) is 0 Å². The lowest BCUT2D eigenvalue weighted by atomic mass is 10.1. The van der Waals surface area contributed by atoms with Crippen LogP contribution < -0.4 is 5.32 Å². The first-order valence-corrected chi connectivity index (χ1v) is 6.24. The largest absolute Gasteiger partial charge is 0.508 e. The number of hydrogen-bond acceptors (Lipinski definition) is 5. The highest BCUT2D eigenvalue weighted by Gasteiger charge is 2.13. The second-order valence-electron chi connectivity index (χ2n) is 3.91. The van der Waals surface area contributed by atoms with Gasteiger partial charge < -0.3 is 10.4 Å². The van der Waals surface area contributed by atoms with Crippen LogP contribution in [0.3, 0.4) is 0 Å². The highest BCUT2D eigenvalue weighted by atomic mass is 32.1. The summed E-state index contributed by atoms with van der Waals surface area (Å²) in [6.07, 6.45) is 0. The maximum Gasteiger partial charge on any atom is 0.148 e. The van der Waals surface area contributed by atoms with E-state index in [9.17, 15) is 5.11 Å². The molecule has 4 nitrogen and oxygen atoms in total. The van der Waals surface area contributed by atoms with Crippen LogP contribution in [0.15, 0.2) is 18.2 Å². The van der Waals surface area contributed by atoms with E-state index >= 15 is 0 Å². The molecule has 0 spiro atoms. The molecule has 1 aromatic carbocycles. The first kappa shape index (κ1) is 12.0. The van der Waals surface area contributed by atoms with Crippen molar-refractivity contribution < 1.29 is 5.11 Å². The van der Waals surface area contributed by atoms with E-state index in [0.29, 0.717) is 5.75 Å². The highest BCUT2D eigenvalue weighted by molar-refractivity contribution is 7.14. The van der Waals surface area contributed by atoms with Gasteiger partial charge in [-0.25, -0.2) is 0 Å². The van der Waals surface area contributed by atoms with Crippen molar-refractivity contribution in [2.24, 2.45) is 0 Å². The molecule has 0 saturated carbocycles. The Morgan fingerprint density at radius 2 is 2.12 bits per heavy atom. The molecule has 0 aliphatic rings. The summed E-state index contributed by atoms with van der Waals surface area (Å²) in [4.78, 5) is 0. The molecule has 0 fully saturated rings. The topological polar surface area (TPSA) is 58.0 Å². The molecule has 1 heterocycles. The SMILES string of the molecule is CNC(C)c1nnc(-c2cccc(O)c2C)s1. The van der Waals surface area contributed by atoms with E-state index in [4.69, 9.17) is 0 Å². The summed E-state index contributed by atoms with van der Waals surface area (Å²) >= 11 is 1.55. The normalized spacial score (nSPS) is 12.6. The molecule has 2 N–H and O–H groups in total. The molecule has 90 valence electrons. The number of hydrogen-bond donors (Lipinski definition) is 2. The molecule has 0 radical (unpaired) electrons. The molecule has 0 aliphatic heterocycles. The van der Waals surface area contributed by atoms with Crippen LogP contribution >= 0.6 is 11.3 Å². The molecular formula is C12H15N3OS. The van der Waals surface area contributed by atoms with Crippen molar-refractivity contribution in [1.29, 1.82) is 0 Å². The molecule has 1 unspecified atom stereocenters. The molecule has 2 rings (SSSR count).